The van der Waals surface area contributed by atoms with E-state index in [4.69, 9.17) is 5.73 Å². The summed E-state index contributed by atoms with van der Waals surface area (Å²) < 4.78 is 1.88. The molecule has 0 radical (unpaired) electrons. The predicted octanol–water partition coefficient (Wildman–Crippen LogP) is 1.59. The first-order chi connectivity index (χ1) is 10.5. The summed E-state index contributed by atoms with van der Waals surface area (Å²) in [4.78, 5) is 26.5. The lowest BCUT2D eigenvalue weighted by atomic mass is 9.83. The van der Waals surface area contributed by atoms with Crippen LogP contribution in [-0.4, -0.2) is 34.5 Å². The average molecular weight is 340 g/mol. The van der Waals surface area contributed by atoms with Gasteiger partial charge in [-0.3, -0.25) is 9.59 Å². The minimum absolute atomic E-state index is 0. The van der Waals surface area contributed by atoms with Crippen LogP contribution in [0.4, 0.5) is 0 Å². The molecule has 23 heavy (non-hydrogen) atoms. The van der Waals surface area contributed by atoms with E-state index in [1.807, 2.05) is 21.6 Å². The summed E-state index contributed by atoms with van der Waals surface area (Å²) in [5.74, 6) is 1.11. The smallest absolute Gasteiger partial charge is 0.250 e. The van der Waals surface area contributed by atoms with Crippen molar-refractivity contribution in [1.82, 2.24) is 9.47 Å². The number of amides is 1. The number of pyridine rings is 1. The molecule has 2 N–H and O–H groups in total. The SMILES string of the molecule is CC(C)C[C@@H](N)C(=O)N1CC2CC(C1)c1cccc(=O)n1C2.Cl. The Morgan fingerprint density at radius 2 is 2.04 bits per heavy atom. The Balaban J connectivity index is 0.00000192. The van der Waals surface area contributed by atoms with Crippen molar-refractivity contribution in [1.29, 1.82) is 0 Å². The monoisotopic (exact) mass is 339 g/mol. The van der Waals surface area contributed by atoms with Crippen LogP contribution >= 0.6 is 12.4 Å². The number of hydrogen-bond donors (Lipinski definition) is 1. The molecule has 2 aliphatic rings. The summed E-state index contributed by atoms with van der Waals surface area (Å²) in [6.45, 7) is 6.29. The Morgan fingerprint density at radius 3 is 2.74 bits per heavy atom. The minimum Gasteiger partial charge on any atom is -0.340 e. The molecule has 2 unspecified atom stereocenters. The van der Waals surface area contributed by atoms with Crippen LogP contribution in [0.3, 0.4) is 0 Å². The fourth-order valence-electron chi connectivity index (χ4n) is 3.92. The molecule has 0 spiro atoms. The number of rotatable bonds is 3. The van der Waals surface area contributed by atoms with Crippen LogP contribution in [0.5, 0.6) is 0 Å². The van der Waals surface area contributed by atoms with Crippen molar-refractivity contribution in [2.24, 2.45) is 17.6 Å². The molecule has 2 aliphatic heterocycles. The number of fused-ring (bicyclic) bond motifs is 4. The van der Waals surface area contributed by atoms with Gasteiger partial charge in [0.1, 0.15) is 0 Å². The molecule has 1 amide bonds. The number of hydrogen-bond acceptors (Lipinski definition) is 3. The van der Waals surface area contributed by atoms with Gasteiger partial charge in [0, 0.05) is 37.3 Å². The third-order valence-corrected chi connectivity index (χ3v) is 4.83. The van der Waals surface area contributed by atoms with E-state index in [1.54, 1.807) is 6.07 Å². The number of aromatic nitrogens is 1. The van der Waals surface area contributed by atoms with Crippen molar-refractivity contribution in [3.8, 4) is 0 Å². The maximum atomic E-state index is 12.6. The molecule has 3 atom stereocenters. The van der Waals surface area contributed by atoms with E-state index >= 15 is 0 Å². The number of carbonyl (C=O) groups is 1. The first-order valence-corrected chi connectivity index (χ1v) is 8.19. The van der Waals surface area contributed by atoms with Crippen LogP contribution in [0, 0.1) is 11.8 Å². The first-order valence-electron chi connectivity index (χ1n) is 8.19. The summed E-state index contributed by atoms with van der Waals surface area (Å²) in [5, 5.41) is 0. The molecule has 1 saturated heterocycles. The second kappa shape index (κ2) is 7.05. The van der Waals surface area contributed by atoms with Crippen LogP contribution < -0.4 is 11.3 Å². The first kappa shape index (κ1) is 18.0. The molecular weight excluding hydrogens is 314 g/mol. The number of nitrogens with two attached hydrogens (primary N) is 1. The maximum absolute atomic E-state index is 12.6. The van der Waals surface area contributed by atoms with E-state index in [-0.39, 0.29) is 29.8 Å². The quantitative estimate of drug-likeness (QED) is 0.909. The largest absolute Gasteiger partial charge is 0.340 e. The average Bonchev–Trinajstić information content (AvgIpc) is 2.46. The zero-order valence-corrected chi connectivity index (χ0v) is 14.6. The number of halogens is 1. The zero-order valence-electron chi connectivity index (χ0n) is 13.8. The van der Waals surface area contributed by atoms with Gasteiger partial charge in [-0.2, -0.15) is 0 Å². The Labute approximate surface area is 143 Å². The Hall–Kier alpha value is -1.33. The summed E-state index contributed by atoms with van der Waals surface area (Å²) in [5.41, 5.74) is 7.21. The summed E-state index contributed by atoms with van der Waals surface area (Å²) in [6.07, 6.45) is 1.79. The van der Waals surface area contributed by atoms with Crippen molar-refractivity contribution in [2.45, 2.75) is 45.2 Å². The fourth-order valence-corrected chi connectivity index (χ4v) is 3.92. The second-order valence-corrected chi connectivity index (χ2v) is 7.18. The molecule has 128 valence electrons. The van der Waals surface area contributed by atoms with Crippen molar-refractivity contribution in [3.05, 3.63) is 34.2 Å². The van der Waals surface area contributed by atoms with Gasteiger partial charge in [-0.25, -0.2) is 0 Å². The van der Waals surface area contributed by atoms with E-state index in [1.165, 1.54) is 0 Å². The third-order valence-electron chi connectivity index (χ3n) is 4.83. The molecular formula is C17H26ClN3O2. The van der Waals surface area contributed by atoms with Crippen LogP contribution in [0.1, 0.15) is 38.3 Å². The molecule has 2 bridgehead atoms. The minimum atomic E-state index is -0.406. The van der Waals surface area contributed by atoms with Gasteiger partial charge in [-0.05, 0) is 30.7 Å². The summed E-state index contributed by atoms with van der Waals surface area (Å²) >= 11 is 0. The predicted molar refractivity (Wildman–Crippen MR) is 92.8 cm³/mol. The number of nitrogens with zero attached hydrogens (tertiary/aromatic N) is 2. The standard InChI is InChI=1S/C17H25N3O2.ClH/c1-11(2)6-14(18)17(22)19-8-12-7-13(10-19)15-4-3-5-16(21)20(15)9-12;/h3-5,11-14H,6-10,18H2,1-2H3;1H/t12?,13?,14-;/m1./s1. The highest BCUT2D eigenvalue weighted by Gasteiger charge is 2.37. The highest BCUT2D eigenvalue weighted by atomic mass is 35.5. The van der Waals surface area contributed by atoms with Crippen molar-refractivity contribution >= 4 is 18.3 Å². The highest BCUT2D eigenvalue weighted by Crippen LogP contribution is 2.35. The van der Waals surface area contributed by atoms with E-state index in [2.05, 4.69) is 13.8 Å². The molecule has 1 fully saturated rings. The van der Waals surface area contributed by atoms with E-state index < -0.39 is 6.04 Å². The molecule has 3 rings (SSSR count). The van der Waals surface area contributed by atoms with Crippen LogP contribution in [0.25, 0.3) is 0 Å². The van der Waals surface area contributed by atoms with E-state index in [0.717, 1.165) is 25.1 Å². The van der Waals surface area contributed by atoms with Gasteiger partial charge >= 0.3 is 0 Å². The molecule has 1 aromatic rings. The second-order valence-electron chi connectivity index (χ2n) is 7.18. The van der Waals surface area contributed by atoms with Crippen LogP contribution in [0.2, 0.25) is 0 Å². The normalized spacial score (nSPS) is 23.9. The van der Waals surface area contributed by atoms with Gasteiger partial charge in [0.25, 0.3) is 5.56 Å². The lowest BCUT2D eigenvalue weighted by molar-refractivity contribution is -0.135. The summed E-state index contributed by atoms with van der Waals surface area (Å²) in [6, 6.07) is 5.05. The van der Waals surface area contributed by atoms with Crippen LogP contribution in [0.15, 0.2) is 23.0 Å². The molecule has 5 nitrogen and oxygen atoms in total. The molecule has 0 aliphatic carbocycles. The molecule has 1 aromatic heterocycles. The van der Waals surface area contributed by atoms with Crippen molar-refractivity contribution < 1.29 is 4.79 Å². The third kappa shape index (κ3) is 3.61. The van der Waals surface area contributed by atoms with Crippen molar-refractivity contribution in [3.63, 3.8) is 0 Å². The Kier molecular flexibility index (Phi) is 5.53. The molecule has 0 aromatic carbocycles. The maximum Gasteiger partial charge on any atom is 0.250 e. The van der Waals surface area contributed by atoms with Gasteiger partial charge in [-0.15, -0.1) is 12.4 Å². The molecule has 6 heteroatoms. The lowest BCUT2D eigenvalue weighted by Gasteiger charge is -2.43. The van der Waals surface area contributed by atoms with Gasteiger partial charge in [0.2, 0.25) is 5.91 Å². The number of likely N-dealkylation sites (tertiary alicyclic amines) is 1. The number of carbonyl (C=O) groups excluding carboxylic acids is 1. The lowest BCUT2D eigenvalue weighted by Crippen LogP contribution is -2.53. The summed E-state index contributed by atoms with van der Waals surface area (Å²) in [7, 11) is 0. The van der Waals surface area contributed by atoms with E-state index in [9.17, 15) is 9.59 Å². The molecule has 3 heterocycles. The Morgan fingerprint density at radius 1 is 1.30 bits per heavy atom. The van der Waals surface area contributed by atoms with Gasteiger partial charge < -0.3 is 15.2 Å². The number of piperidine rings is 1. The van der Waals surface area contributed by atoms with Crippen LogP contribution in [-0.2, 0) is 11.3 Å². The van der Waals surface area contributed by atoms with E-state index in [0.29, 0.717) is 24.9 Å². The molecule has 0 saturated carbocycles. The fraction of sp³-hybridized carbons (Fsp3) is 0.647. The highest BCUT2D eigenvalue weighted by molar-refractivity contribution is 5.85. The topological polar surface area (TPSA) is 68.3 Å². The van der Waals surface area contributed by atoms with Gasteiger partial charge in [0.15, 0.2) is 0 Å². The van der Waals surface area contributed by atoms with Crippen molar-refractivity contribution in [2.75, 3.05) is 13.1 Å². The Bertz CT molecular complexity index is 629. The zero-order chi connectivity index (χ0) is 15.9. The van der Waals surface area contributed by atoms with Gasteiger partial charge in [-0.1, -0.05) is 19.9 Å². The van der Waals surface area contributed by atoms with Gasteiger partial charge in [0.05, 0.1) is 6.04 Å².